The van der Waals surface area contributed by atoms with Gasteiger partial charge in [-0.15, -0.1) is 0 Å². The van der Waals surface area contributed by atoms with E-state index in [0.717, 1.165) is 17.5 Å². The fourth-order valence-corrected chi connectivity index (χ4v) is 2.90. The molecule has 0 saturated heterocycles. The molecule has 0 aliphatic carbocycles. The molecule has 1 aliphatic rings. The number of nitrogens with zero attached hydrogens (tertiary/aromatic N) is 2. The summed E-state index contributed by atoms with van der Waals surface area (Å²) in [5.74, 6) is 4.97. The Bertz CT molecular complexity index is 710. The molecule has 0 bridgehead atoms. The van der Waals surface area contributed by atoms with Gasteiger partial charge >= 0.3 is 6.09 Å². The minimum atomic E-state index is -0.554. The Hall–Kier alpha value is -2.48. The SMILES string of the molecule is CC#CC(=O)N(C)C1CN(C(=O)OC(C)(C)C)CCc2ccccc21. The number of hydrogen-bond acceptors (Lipinski definition) is 3. The number of ether oxygens (including phenoxy) is 1. The Kier molecular flexibility index (Phi) is 5.73. The second-order valence-electron chi connectivity index (χ2n) is 7.18. The van der Waals surface area contributed by atoms with Crippen LogP contribution in [0.5, 0.6) is 0 Å². The van der Waals surface area contributed by atoms with Crippen molar-refractivity contribution in [3.63, 3.8) is 0 Å². The highest BCUT2D eigenvalue weighted by molar-refractivity contribution is 5.93. The van der Waals surface area contributed by atoms with Crippen LogP contribution in [0.3, 0.4) is 0 Å². The lowest BCUT2D eigenvalue weighted by molar-refractivity contribution is -0.126. The van der Waals surface area contributed by atoms with Gasteiger partial charge in [-0.3, -0.25) is 4.79 Å². The van der Waals surface area contributed by atoms with Crippen LogP contribution in [0, 0.1) is 11.8 Å². The van der Waals surface area contributed by atoms with Gasteiger partial charge in [-0.05, 0) is 51.2 Å². The van der Waals surface area contributed by atoms with E-state index in [-0.39, 0.29) is 18.0 Å². The first kappa shape index (κ1) is 18.9. The van der Waals surface area contributed by atoms with E-state index in [1.807, 2.05) is 45.0 Å². The summed E-state index contributed by atoms with van der Waals surface area (Å²) in [7, 11) is 1.73. The van der Waals surface area contributed by atoms with E-state index >= 15 is 0 Å². The van der Waals surface area contributed by atoms with Crippen LogP contribution < -0.4 is 0 Å². The van der Waals surface area contributed by atoms with Gasteiger partial charge in [0.05, 0.1) is 6.04 Å². The Morgan fingerprint density at radius 1 is 1.28 bits per heavy atom. The minimum absolute atomic E-state index is 0.250. The third kappa shape index (κ3) is 4.76. The van der Waals surface area contributed by atoms with Crippen LogP contribution in [0.1, 0.15) is 44.9 Å². The molecule has 2 rings (SSSR count). The zero-order valence-electron chi connectivity index (χ0n) is 15.6. The number of hydrogen-bond donors (Lipinski definition) is 0. The average Bonchev–Trinajstić information content (AvgIpc) is 2.72. The maximum absolute atomic E-state index is 12.6. The van der Waals surface area contributed by atoms with Crippen LogP contribution in [0.15, 0.2) is 24.3 Å². The molecule has 1 atom stereocenters. The number of benzene rings is 1. The van der Waals surface area contributed by atoms with Crippen molar-refractivity contribution in [1.82, 2.24) is 9.80 Å². The predicted octanol–water partition coefficient (Wildman–Crippen LogP) is 3.00. The van der Waals surface area contributed by atoms with Crippen molar-refractivity contribution < 1.29 is 14.3 Å². The van der Waals surface area contributed by atoms with Crippen molar-refractivity contribution in [2.75, 3.05) is 20.1 Å². The summed E-state index contributed by atoms with van der Waals surface area (Å²) in [6.07, 6.45) is 0.376. The second-order valence-corrected chi connectivity index (χ2v) is 7.18. The van der Waals surface area contributed by atoms with Crippen LogP contribution >= 0.6 is 0 Å². The first-order valence-corrected chi connectivity index (χ1v) is 8.48. The van der Waals surface area contributed by atoms with Crippen molar-refractivity contribution in [3.05, 3.63) is 35.4 Å². The van der Waals surface area contributed by atoms with Crippen LogP contribution in [0.4, 0.5) is 4.79 Å². The van der Waals surface area contributed by atoms with Crippen molar-refractivity contribution in [2.24, 2.45) is 0 Å². The van der Waals surface area contributed by atoms with Gasteiger partial charge in [0, 0.05) is 20.1 Å². The Morgan fingerprint density at radius 2 is 1.96 bits per heavy atom. The minimum Gasteiger partial charge on any atom is -0.444 e. The van der Waals surface area contributed by atoms with Crippen molar-refractivity contribution in [1.29, 1.82) is 0 Å². The third-order valence-electron chi connectivity index (χ3n) is 4.13. The molecule has 1 heterocycles. The van der Waals surface area contributed by atoms with Gasteiger partial charge in [-0.25, -0.2) is 4.79 Å². The number of fused-ring (bicyclic) bond motifs is 1. The highest BCUT2D eigenvalue weighted by Gasteiger charge is 2.32. The molecule has 1 aliphatic heterocycles. The molecule has 5 nitrogen and oxygen atoms in total. The van der Waals surface area contributed by atoms with Gasteiger partial charge in [0.15, 0.2) is 0 Å². The largest absolute Gasteiger partial charge is 0.444 e. The molecule has 0 aromatic heterocycles. The molecule has 25 heavy (non-hydrogen) atoms. The highest BCUT2D eigenvalue weighted by Crippen LogP contribution is 2.28. The molecule has 0 saturated carbocycles. The molecular formula is C20H26N2O3. The highest BCUT2D eigenvalue weighted by atomic mass is 16.6. The first-order chi connectivity index (χ1) is 11.7. The predicted molar refractivity (Wildman–Crippen MR) is 96.9 cm³/mol. The summed E-state index contributed by atoms with van der Waals surface area (Å²) in [5, 5.41) is 0. The Labute approximate surface area is 149 Å². The van der Waals surface area contributed by atoms with Crippen molar-refractivity contribution in [2.45, 2.75) is 45.8 Å². The molecule has 5 heteroatoms. The van der Waals surface area contributed by atoms with E-state index in [9.17, 15) is 9.59 Å². The number of carbonyl (C=O) groups excluding carboxylic acids is 2. The van der Waals surface area contributed by atoms with Crippen LogP contribution in [0.2, 0.25) is 0 Å². The van der Waals surface area contributed by atoms with Crippen LogP contribution in [-0.4, -0.2) is 47.5 Å². The van der Waals surface area contributed by atoms with Crippen LogP contribution in [-0.2, 0) is 16.0 Å². The third-order valence-corrected chi connectivity index (χ3v) is 4.13. The summed E-state index contributed by atoms with van der Waals surface area (Å²) in [5.41, 5.74) is 1.64. The smallest absolute Gasteiger partial charge is 0.410 e. The molecule has 0 radical (unpaired) electrons. The zero-order valence-corrected chi connectivity index (χ0v) is 15.6. The molecule has 2 amide bonds. The number of carbonyl (C=O) groups is 2. The van der Waals surface area contributed by atoms with Gasteiger partial charge in [-0.2, -0.15) is 0 Å². The van der Waals surface area contributed by atoms with E-state index in [1.54, 1.807) is 23.8 Å². The van der Waals surface area contributed by atoms with Gasteiger partial charge < -0.3 is 14.5 Å². The van der Waals surface area contributed by atoms with Crippen molar-refractivity contribution in [3.8, 4) is 11.8 Å². The van der Waals surface area contributed by atoms with Gasteiger partial charge in [-0.1, -0.05) is 30.2 Å². The van der Waals surface area contributed by atoms with E-state index in [0.29, 0.717) is 13.1 Å². The number of rotatable bonds is 1. The molecular weight excluding hydrogens is 316 g/mol. The maximum Gasteiger partial charge on any atom is 0.410 e. The lowest BCUT2D eigenvalue weighted by Crippen LogP contribution is -2.43. The topological polar surface area (TPSA) is 49.9 Å². The van der Waals surface area contributed by atoms with Crippen molar-refractivity contribution >= 4 is 12.0 Å². The summed E-state index contributed by atoms with van der Waals surface area (Å²) >= 11 is 0. The lowest BCUT2D eigenvalue weighted by atomic mass is 9.98. The lowest BCUT2D eigenvalue weighted by Gasteiger charge is -2.32. The molecule has 1 aromatic rings. The summed E-state index contributed by atoms with van der Waals surface area (Å²) in [6, 6.07) is 7.75. The molecule has 0 spiro atoms. The Morgan fingerprint density at radius 3 is 2.60 bits per heavy atom. The number of likely N-dealkylation sites (N-methyl/N-ethyl adjacent to an activating group) is 1. The van der Waals surface area contributed by atoms with E-state index < -0.39 is 5.60 Å². The van der Waals surface area contributed by atoms with Gasteiger partial charge in [0.1, 0.15) is 5.60 Å². The van der Waals surface area contributed by atoms with E-state index in [1.165, 1.54) is 0 Å². The molecule has 0 fully saturated rings. The summed E-state index contributed by atoms with van der Waals surface area (Å²) in [6.45, 7) is 8.13. The van der Waals surface area contributed by atoms with E-state index in [2.05, 4.69) is 11.8 Å². The quantitative estimate of drug-likeness (QED) is 0.737. The Balaban J connectivity index is 2.33. The first-order valence-electron chi connectivity index (χ1n) is 8.48. The number of amides is 2. The molecule has 0 N–H and O–H groups in total. The average molecular weight is 342 g/mol. The summed E-state index contributed by atoms with van der Waals surface area (Å²) in [4.78, 5) is 28.1. The fraction of sp³-hybridized carbons (Fsp3) is 0.500. The second kappa shape index (κ2) is 7.60. The molecule has 1 unspecified atom stereocenters. The van der Waals surface area contributed by atoms with E-state index in [4.69, 9.17) is 4.74 Å². The standard InChI is InChI=1S/C20H26N2O3/c1-6-9-18(23)21(5)17-14-22(19(24)25-20(2,3)4)13-12-15-10-7-8-11-16(15)17/h7-8,10-11,17H,12-14H2,1-5H3. The summed E-state index contributed by atoms with van der Waals surface area (Å²) < 4.78 is 5.52. The van der Waals surface area contributed by atoms with Gasteiger partial charge in [0.2, 0.25) is 0 Å². The fourth-order valence-electron chi connectivity index (χ4n) is 2.90. The monoisotopic (exact) mass is 342 g/mol. The maximum atomic E-state index is 12.6. The van der Waals surface area contributed by atoms with Crippen LogP contribution in [0.25, 0.3) is 0 Å². The van der Waals surface area contributed by atoms with Gasteiger partial charge in [0.25, 0.3) is 5.91 Å². The molecule has 1 aromatic carbocycles. The zero-order chi connectivity index (χ0) is 18.6. The normalized spacial score (nSPS) is 16.8. The molecule has 134 valence electrons.